The van der Waals surface area contributed by atoms with Crippen molar-refractivity contribution in [1.82, 2.24) is 24.7 Å². The summed E-state index contributed by atoms with van der Waals surface area (Å²) in [6, 6.07) is 16.3. The topological polar surface area (TPSA) is 58.7 Å². The van der Waals surface area contributed by atoms with Gasteiger partial charge in [0, 0.05) is 64.5 Å². The van der Waals surface area contributed by atoms with E-state index in [1.165, 1.54) is 5.56 Å². The van der Waals surface area contributed by atoms with E-state index in [0.717, 1.165) is 81.3 Å². The van der Waals surface area contributed by atoms with Gasteiger partial charge in [-0.25, -0.2) is 4.98 Å². The summed E-state index contributed by atoms with van der Waals surface area (Å²) in [7, 11) is 2.18. The number of nitrogens with one attached hydrogen (secondary N) is 1. The predicted octanol–water partition coefficient (Wildman–Crippen LogP) is 2.66. The summed E-state index contributed by atoms with van der Waals surface area (Å²) in [6.07, 6.45) is 0.935. The van der Waals surface area contributed by atoms with Crippen LogP contribution in [-0.2, 0) is 6.54 Å². The number of anilines is 1. The Balaban J connectivity index is 1.19. The van der Waals surface area contributed by atoms with Crippen LogP contribution in [0.5, 0.6) is 0 Å². The van der Waals surface area contributed by atoms with Gasteiger partial charge in [0.15, 0.2) is 0 Å². The minimum absolute atomic E-state index is 0.127. The van der Waals surface area contributed by atoms with Crippen LogP contribution < -0.4 is 4.90 Å². The van der Waals surface area contributed by atoms with E-state index < -0.39 is 0 Å². The fourth-order valence-corrected chi connectivity index (χ4v) is 4.62. The van der Waals surface area contributed by atoms with E-state index in [0.29, 0.717) is 6.54 Å². The standard InChI is InChI=1S/C25H32N6O/c1-28-13-15-29(16-14-28)19-20-7-9-21(10-8-20)24(32)30-11-4-12-31(18-17-30)25-26-22-5-2-3-6-23(22)27-25/h2-3,5-10H,4,11-19H2,1H3,(H,26,27). The van der Waals surface area contributed by atoms with Gasteiger partial charge in [-0.05, 0) is 43.3 Å². The first-order chi connectivity index (χ1) is 15.7. The Kier molecular flexibility index (Phi) is 6.10. The van der Waals surface area contributed by atoms with Crippen molar-refractivity contribution < 1.29 is 4.79 Å². The zero-order valence-electron chi connectivity index (χ0n) is 18.8. The number of aromatic amines is 1. The maximum Gasteiger partial charge on any atom is 0.253 e. The normalized spacial score (nSPS) is 18.8. The van der Waals surface area contributed by atoms with Gasteiger partial charge in [-0.3, -0.25) is 9.69 Å². The van der Waals surface area contributed by atoms with Gasteiger partial charge < -0.3 is 19.7 Å². The van der Waals surface area contributed by atoms with E-state index in [1.807, 2.05) is 41.3 Å². The Labute approximate surface area is 189 Å². The highest BCUT2D eigenvalue weighted by Crippen LogP contribution is 2.19. The number of fused-ring (bicyclic) bond motifs is 1. The molecular formula is C25H32N6O. The number of rotatable bonds is 4. The molecule has 2 saturated heterocycles. The Bertz CT molecular complexity index is 1020. The number of para-hydroxylation sites is 2. The number of aromatic nitrogens is 2. The Morgan fingerprint density at radius 3 is 2.47 bits per heavy atom. The number of nitrogens with zero attached hydrogens (tertiary/aromatic N) is 5. The van der Waals surface area contributed by atoms with E-state index in [9.17, 15) is 4.79 Å². The fraction of sp³-hybridized carbons (Fsp3) is 0.440. The predicted molar refractivity (Wildman–Crippen MR) is 128 cm³/mol. The first kappa shape index (κ1) is 21.0. The molecule has 32 heavy (non-hydrogen) atoms. The third-order valence-corrected chi connectivity index (χ3v) is 6.66. The van der Waals surface area contributed by atoms with Crippen LogP contribution >= 0.6 is 0 Å². The first-order valence-electron chi connectivity index (χ1n) is 11.6. The lowest BCUT2D eigenvalue weighted by Crippen LogP contribution is -2.43. The van der Waals surface area contributed by atoms with E-state index in [2.05, 4.69) is 38.9 Å². The molecule has 2 aliphatic heterocycles. The van der Waals surface area contributed by atoms with E-state index in [-0.39, 0.29) is 5.91 Å². The minimum atomic E-state index is 0.127. The van der Waals surface area contributed by atoms with Crippen molar-refractivity contribution in [3.8, 4) is 0 Å². The number of carbonyl (C=O) groups excluding carboxylic acids is 1. The van der Waals surface area contributed by atoms with Gasteiger partial charge in [0.2, 0.25) is 5.95 Å². The summed E-state index contributed by atoms with van der Waals surface area (Å²) < 4.78 is 0. The molecule has 7 heteroatoms. The van der Waals surface area contributed by atoms with Crippen molar-refractivity contribution in [2.45, 2.75) is 13.0 Å². The van der Waals surface area contributed by atoms with Crippen LogP contribution in [0.1, 0.15) is 22.3 Å². The zero-order valence-corrected chi connectivity index (χ0v) is 18.8. The molecule has 0 atom stereocenters. The average molecular weight is 433 g/mol. The molecule has 5 rings (SSSR count). The van der Waals surface area contributed by atoms with Crippen LogP contribution in [0.15, 0.2) is 48.5 Å². The van der Waals surface area contributed by atoms with E-state index >= 15 is 0 Å². The van der Waals surface area contributed by atoms with Gasteiger partial charge in [-0.1, -0.05) is 24.3 Å². The molecular weight excluding hydrogens is 400 g/mol. The van der Waals surface area contributed by atoms with Crippen molar-refractivity contribution in [3.05, 3.63) is 59.7 Å². The molecule has 0 unspecified atom stereocenters. The highest BCUT2D eigenvalue weighted by atomic mass is 16.2. The molecule has 0 radical (unpaired) electrons. The molecule has 2 aromatic carbocycles. The van der Waals surface area contributed by atoms with E-state index in [1.54, 1.807) is 0 Å². The van der Waals surface area contributed by atoms with Crippen molar-refractivity contribution in [2.24, 2.45) is 0 Å². The summed E-state index contributed by atoms with van der Waals surface area (Å²) in [5, 5.41) is 0. The lowest BCUT2D eigenvalue weighted by Gasteiger charge is -2.32. The molecule has 7 nitrogen and oxygen atoms in total. The minimum Gasteiger partial charge on any atom is -0.341 e. The van der Waals surface area contributed by atoms with Crippen molar-refractivity contribution in [3.63, 3.8) is 0 Å². The van der Waals surface area contributed by atoms with Gasteiger partial charge in [0.05, 0.1) is 11.0 Å². The van der Waals surface area contributed by atoms with Gasteiger partial charge in [-0.15, -0.1) is 0 Å². The molecule has 3 aromatic rings. The Morgan fingerprint density at radius 1 is 0.906 bits per heavy atom. The number of hydrogen-bond donors (Lipinski definition) is 1. The third kappa shape index (κ3) is 4.64. The zero-order chi connectivity index (χ0) is 21.9. The number of hydrogen-bond acceptors (Lipinski definition) is 5. The summed E-state index contributed by atoms with van der Waals surface area (Å²) in [5.41, 5.74) is 4.09. The number of carbonyl (C=O) groups is 1. The molecule has 0 bridgehead atoms. The van der Waals surface area contributed by atoms with Crippen LogP contribution in [-0.4, -0.2) is 90.0 Å². The second-order valence-electron chi connectivity index (χ2n) is 8.99. The third-order valence-electron chi connectivity index (χ3n) is 6.66. The second kappa shape index (κ2) is 9.30. The van der Waals surface area contributed by atoms with Gasteiger partial charge in [0.25, 0.3) is 5.91 Å². The number of benzene rings is 2. The number of imidazole rings is 1. The molecule has 1 amide bonds. The molecule has 1 aromatic heterocycles. The molecule has 0 saturated carbocycles. The average Bonchev–Trinajstić information content (AvgIpc) is 3.10. The van der Waals surface area contributed by atoms with Crippen molar-refractivity contribution >= 4 is 22.9 Å². The maximum atomic E-state index is 13.1. The number of likely N-dealkylation sites (N-methyl/N-ethyl adjacent to an activating group) is 1. The van der Waals surface area contributed by atoms with E-state index in [4.69, 9.17) is 4.98 Å². The maximum absolute atomic E-state index is 13.1. The number of H-pyrrole nitrogens is 1. The lowest BCUT2D eigenvalue weighted by atomic mass is 10.1. The highest BCUT2D eigenvalue weighted by Gasteiger charge is 2.22. The molecule has 168 valence electrons. The molecule has 3 heterocycles. The first-order valence-corrected chi connectivity index (χ1v) is 11.6. The summed E-state index contributed by atoms with van der Waals surface area (Å²) in [6.45, 7) is 8.57. The van der Waals surface area contributed by atoms with Crippen LogP contribution in [0.2, 0.25) is 0 Å². The molecule has 2 fully saturated rings. The Morgan fingerprint density at radius 2 is 1.69 bits per heavy atom. The summed E-state index contributed by atoms with van der Waals surface area (Å²) in [4.78, 5) is 30.4. The summed E-state index contributed by atoms with van der Waals surface area (Å²) in [5.74, 6) is 1.02. The molecule has 0 aliphatic carbocycles. The van der Waals surface area contributed by atoms with Gasteiger partial charge >= 0.3 is 0 Å². The van der Waals surface area contributed by atoms with Crippen LogP contribution in [0.3, 0.4) is 0 Å². The number of piperazine rings is 1. The van der Waals surface area contributed by atoms with Crippen molar-refractivity contribution in [1.29, 1.82) is 0 Å². The van der Waals surface area contributed by atoms with Crippen LogP contribution in [0.25, 0.3) is 11.0 Å². The smallest absolute Gasteiger partial charge is 0.253 e. The van der Waals surface area contributed by atoms with Crippen molar-refractivity contribution in [2.75, 3.05) is 64.3 Å². The monoisotopic (exact) mass is 432 g/mol. The SMILES string of the molecule is CN1CCN(Cc2ccc(C(=O)N3CCCN(c4nc5ccccc5[nH]4)CC3)cc2)CC1. The van der Waals surface area contributed by atoms with Crippen LogP contribution in [0, 0.1) is 0 Å². The summed E-state index contributed by atoms with van der Waals surface area (Å²) >= 11 is 0. The van der Waals surface area contributed by atoms with Crippen LogP contribution in [0.4, 0.5) is 5.95 Å². The van der Waals surface area contributed by atoms with Gasteiger partial charge in [0.1, 0.15) is 0 Å². The lowest BCUT2D eigenvalue weighted by molar-refractivity contribution is 0.0767. The van der Waals surface area contributed by atoms with Gasteiger partial charge in [-0.2, -0.15) is 0 Å². The molecule has 0 spiro atoms. The second-order valence-corrected chi connectivity index (χ2v) is 8.99. The largest absolute Gasteiger partial charge is 0.341 e. The quantitative estimate of drug-likeness (QED) is 0.687. The molecule has 2 aliphatic rings. The fourth-order valence-electron chi connectivity index (χ4n) is 4.62. The highest BCUT2D eigenvalue weighted by molar-refractivity contribution is 5.94. The number of amides is 1. The molecule has 1 N–H and O–H groups in total. The Hall–Kier alpha value is -2.90.